The van der Waals surface area contributed by atoms with Gasteiger partial charge in [0.25, 0.3) is 0 Å². The predicted octanol–water partition coefficient (Wildman–Crippen LogP) is 3.32. The largest absolute Gasteiger partial charge is 0.480 e. The minimum atomic E-state index is -1.05. The van der Waals surface area contributed by atoms with Gasteiger partial charge in [-0.2, -0.15) is 0 Å². The van der Waals surface area contributed by atoms with E-state index in [4.69, 9.17) is 28.3 Å². The van der Waals surface area contributed by atoms with Crippen LogP contribution in [0.5, 0.6) is 0 Å². The van der Waals surface area contributed by atoms with E-state index >= 15 is 0 Å². The van der Waals surface area contributed by atoms with Crippen LogP contribution in [0.2, 0.25) is 10.0 Å². The van der Waals surface area contributed by atoms with Crippen molar-refractivity contribution in [2.45, 2.75) is 19.4 Å². The van der Waals surface area contributed by atoms with Crippen molar-refractivity contribution in [3.63, 3.8) is 0 Å². The van der Waals surface area contributed by atoms with Gasteiger partial charge >= 0.3 is 12.0 Å². The van der Waals surface area contributed by atoms with Gasteiger partial charge in [0.05, 0.1) is 0 Å². The molecule has 0 radical (unpaired) electrons. The van der Waals surface area contributed by atoms with Gasteiger partial charge in [0.15, 0.2) is 0 Å². The molecule has 0 aliphatic heterocycles. The number of carboxylic acids is 1. The highest BCUT2D eigenvalue weighted by atomic mass is 35.5. The summed E-state index contributed by atoms with van der Waals surface area (Å²) in [6.45, 7) is 1.69. The van der Waals surface area contributed by atoms with E-state index in [1.807, 2.05) is 0 Å². The molecule has 0 fully saturated rings. The normalized spacial score (nSPS) is 11.8. The Balaban J connectivity index is 2.81. The summed E-state index contributed by atoms with van der Waals surface area (Å²) < 4.78 is 0. The number of amides is 2. The van der Waals surface area contributed by atoms with Crippen LogP contribution in [0.25, 0.3) is 0 Å². The van der Waals surface area contributed by atoms with E-state index in [0.717, 1.165) is 4.90 Å². The van der Waals surface area contributed by atoms with Gasteiger partial charge in [-0.25, -0.2) is 9.59 Å². The first-order chi connectivity index (χ1) is 8.85. The fourth-order valence-corrected chi connectivity index (χ4v) is 2.12. The van der Waals surface area contributed by atoms with Crippen molar-refractivity contribution in [1.29, 1.82) is 0 Å². The molecule has 7 heteroatoms. The van der Waals surface area contributed by atoms with Gasteiger partial charge in [0.1, 0.15) is 6.04 Å². The number of likely N-dealkylation sites (N-methyl/N-ethyl adjacent to an activating group) is 1. The third-order valence-electron chi connectivity index (χ3n) is 2.57. The predicted molar refractivity (Wildman–Crippen MR) is 75.0 cm³/mol. The Bertz CT molecular complexity index is 474. The van der Waals surface area contributed by atoms with Crippen LogP contribution < -0.4 is 5.32 Å². The van der Waals surface area contributed by atoms with Crippen molar-refractivity contribution in [1.82, 2.24) is 4.90 Å². The number of carboxylic acid groups (broad SMARTS) is 1. The Hall–Kier alpha value is -1.46. The Morgan fingerprint density at radius 1 is 1.32 bits per heavy atom. The summed E-state index contributed by atoms with van der Waals surface area (Å²) in [6.07, 6.45) is 0.315. The van der Waals surface area contributed by atoms with E-state index in [-0.39, 0.29) is 0 Å². The fourth-order valence-electron chi connectivity index (χ4n) is 1.59. The number of carbonyl (C=O) groups excluding carboxylic acids is 1. The van der Waals surface area contributed by atoms with Crippen LogP contribution in [0.4, 0.5) is 10.5 Å². The molecule has 0 spiro atoms. The quantitative estimate of drug-likeness (QED) is 0.896. The van der Waals surface area contributed by atoms with Gasteiger partial charge in [0, 0.05) is 22.8 Å². The maximum Gasteiger partial charge on any atom is 0.326 e. The molecular formula is C12H14Cl2N2O3. The third kappa shape index (κ3) is 4.29. The zero-order chi connectivity index (χ0) is 14.6. The van der Waals surface area contributed by atoms with Crippen molar-refractivity contribution in [3.05, 3.63) is 28.2 Å². The van der Waals surface area contributed by atoms with Crippen molar-refractivity contribution < 1.29 is 14.7 Å². The van der Waals surface area contributed by atoms with Crippen molar-refractivity contribution in [2.75, 3.05) is 12.4 Å². The summed E-state index contributed by atoms with van der Waals surface area (Å²) in [5, 5.41) is 12.3. The first kappa shape index (κ1) is 15.6. The number of nitrogens with zero attached hydrogens (tertiary/aromatic N) is 1. The van der Waals surface area contributed by atoms with Gasteiger partial charge < -0.3 is 15.3 Å². The smallest absolute Gasteiger partial charge is 0.326 e. The zero-order valence-corrected chi connectivity index (χ0v) is 12.0. The Labute approximate surface area is 121 Å². The molecule has 5 nitrogen and oxygen atoms in total. The second-order valence-corrected chi connectivity index (χ2v) is 4.83. The molecule has 1 atom stereocenters. The summed E-state index contributed by atoms with van der Waals surface area (Å²) in [6, 6.07) is 3.18. The SMILES string of the molecule is CCC(C(=O)O)N(C)C(=O)Nc1cc(Cl)cc(Cl)c1. The van der Waals surface area contributed by atoms with Gasteiger partial charge in [-0.3, -0.25) is 0 Å². The van der Waals surface area contributed by atoms with Gasteiger partial charge in [-0.1, -0.05) is 30.1 Å². The van der Waals surface area contributed by atoms with Crippen LogP contribution in [0.1, 0.15) is 13.3 Å². The lowest BCUT2D eigenvalue weighted by Gasteiger charge is -2.24. The number of anilines is 1. The summed E-state index contributed by atoms with van der Waals surface area (Å²) in [5.41, 5.74) is 0.412. The first-order valence-corrected chi connectivity index (χ1v) is 6.33. The van der Waals surface area contributed by atoms with Crippen molar-refractivity contribution in [3.8, 4) is 0 Å². The van der Waals surface area contributed by atoms with E-state index in [2.05, 4.69) is 5.32 Å². The highest BCUT2D eigenvalue weighted by Crippen LogP contribution is 2.22. The first-order valence-electron chi connectivity index (χ1n) is 5.57. The van der Waals surface area contributed by atoms with E-state index in [1.54, 1.807) is 6.92 Å². The molecule has 0 saturated heterocycles. The summed E-state index contributed by atoms with van der Waals surface area (Å²) in [5.74, 6) is -1.05. The van der Waals surface area contributed by atoms with Gasteiger partial charge in [-0.05, 0) is 24.6 Å². The van der Waals surface area contributed by atoms with E-state index in [9.17, 15) is 9.59 Å². The third-order valence-corrected chi connectivity index (χ3v) is 3.01. The molecule has 0 aliphatic carbocycles. The number of aliphatic carboxylic acids is 1. The Morgan fingerprint density at radius 2 is 1.84 bits per heavy atom. The summed E-state index contributed by atoms with van der Waals surface area (Å²) in [4.78, 5) is 24.0. The lowest BCUT2D eigenvalue weighted by molar-refractivity contribution is -0.141. The number of rotatable bonds is 4. The van der Waals surface area contributed by atoms with Crippen LogP contribution >= 0.6 is 23.2 Å². The average molecular weight is 305 g/mol. The molecule has 1 aromatic rings. The van der Waals surface area contributed by atoms with E-state index < -0.39 is 18.0 Å². The fraction of sp³-hybridized carbons (Fsp3) is 0.333. The lowest BCUT2D eigenvalue weighted by Crippen LogP contribution is -2.44. The molecule has 0 aromatic heterocycles. The van der Waals surface area contributed by atoms with E-state index in [0.29, 0.717) is 22.2 Å². The Morgan fingerprint density at radius 3 is 2.26 bits per heavy atom. The molecule has 1 unspecified atom stereocenters. The lowest BCUT2D eigenvalue weighted by atomic mass is 10.2. The van der Waals surface area contributed by atoms with Gasteiger partial charge in [-0.15, -0.1) is 0 Å². The van der Waals surface area contributed by atoms with Crippen molar-refractivity contribution >= 4 is 40.9 Å². The van der Waals surface area contributed by atoms with Crippen LogP contribution in [-0.4, -0.2) is 35.1 Å². The summed E-state index contributed by atoms with van der Waals surface area (Å²) in [7, 11) is 1.42. The monoisotopic (exact) mass is 304 g/mol. The van der Waals surface area contributed by atoms with Gasteiger partial charge in [0.2, 0.25) is 0 Å². The number of hydrogen-bond acceptors (Lipinski definition) is 2. The molecule has 104 valence electrons. The second kappa shape index (κ2) is 6.63. The average Bonchev–Trinajstić information content (AvgIpc) is 2.27. The van der Waals surface area contributed by atoms with Crippen LogP contribution in [0, 0.1) is 0 Å². The number of nitrogens with one attached hydrogen (secondary N) is 1. The number of hydrogen-bond donors (Lipinski definition) is 2. The minimum Gasteiger partial charge on any atom is -0.480 e. The number of benzene rings is 1. The molecule has 0 saturated carbocycles. The van der Waals surface area contributed by atoms with Crippen LogP contribution in [0.3, 0.4) is 0 Å². The molecule has 1 rings (SSSR count). The second-order valence-electron chi connectivity index (χ2n) is 3.96. The summed E-state index contributed by atoms with van der Waals surface area (Å²) >= 11 is 11.6. The molecule has 2 amide bonds. The highest BCUT2D eigenvalue weighted by molar-refractivity contribution is 6.35. The van der Waals surface area contributed by atoms with E-state index in [1.165, 1.54) is 25.2 Å². The number of carbonyl (C=O) groups is 2. The molecule has 0 heterocycles. The molecule has 2 N–H and O–H groups in total. The zero-order valence-electron chi connectivity index (χ0n) is 10.5. The maximum absolute atomic E-state index is 11.9. The standard InChI is InChI=1S/C12H14Cl2N2O3/c1-3-10(11(17)18)16(2)12(19)15-9-5-7(13)4-8(14)6-9/h4-6,10H,3H2,1-2H3,(H,15,19)(H,17,18). The molecule has 19 heavy (non-hydrogen) atoms. The number of halogens is 2. The maximum atomic E-state index is 11.9. The van der Waals surface area contributed by atoms with Crippen LogP contribution in [0.15, 0.2) is 18.2 Å². The topological polar surface area (TPSA) is 69.6 Å². The van der Waals surface area contributed by atoms with Crippen molar-refractivity contribution in [2.24, 2.45) is 0 Å². The molecule has 1 aromatic carbocycles. The highest BCUT2D eigenvalue weighted by Gasteiger charge is 2.24. The molecule has 0 bridgehead atoms. The Kier molecular flexibility index (Phi) is 5.44. The van der Waals surface area contributed by atoms with Crippen LogP contribution in [-0.2, 0) is 4.79 Å². The number of urea groups is 1. The molecular weight excluding hydrogens is 291 g/mol. The minimum absolute atomic E-state index is 0.315. The molecule has 0 aliphatic rings.